The summed E-state index contributed by atoms with van der Waals surface area (Å²) in [5.41, 5.74) is 6.88. The van der Waals surface area contributed by atoms with Gasteiger partial charge >= 0.3 is 12.0 Å². The summed E-state index contributed by atoms with van der Waals surface area (Å²) in [5, 5.41) is 14.5. The third-order valence-corrected chi connectivity index (χ3v) is 4.17. The Morgan fingerprint density at radius 2 is 1.83 bits per heavy atom. The van der Waals surface area contributed by atoms with E-state index in [0.29, 0.717) is 36.9 Å². The van der Waals surface area contributed by atoms with Gasteiger partial charge in [-0.15, -0.1) is 0 Å². The second-order valence-corrected chi connectivity index (χ2v) is 5.88. The highest BCUT2D eigenvalue weighted by Gasteiger charge is 2.26. The van der Waals surface area contributed by atoms with E-state index < -0.39 is 11.9 Å². The Morgan fingerprint density at radius 3 is 2.39 bits per heavy atom. The summed E-state index contributed by atoms with van der Waals surface area (Å²) in [7, 11) is 0. The summed E-state index contributed by atoms with van der Waals surface area (Å²) in [6.07, 6.45) is 2.42. The number of nitrogens with one attached hydrogen (secondary N) is 2. The Kier molecular flexibility index (Phi) is 5.20. The van der Waals surface area contributed by atoms with Gasteiger partial charge in [0.05, 0.1) is 5.92 Å². The van der Waals surface area contributed by atoms with E-state index in [1.165, 1.54) is 0 Å². The lowest BCUT2D eigenvalue weighted by Gasteiger charge is -2.26. The smallest absolute Gasteiger partial charge is 0.319 e. The molecule has 2 rings (SSSR count). The summed E-state index contributed by atoms with van der Waals surface area (Å²) >= 11 is 0. The molecule has 124 valence electrons. The van der Waals surface area contributed by atoms with Crippen molar-refractivity contribution in [3.63, 3.8) is 0 Å². The maximum atomic E-state index is 12.0. The van der Waals surface area contributed by atoms with Crippen LogP contribution >= 0.6 is 0 Å². The van der Waals surface area contributed by atoms with Gasteiger partial charge in [0.1, 0.15) is 0 Å². The summed E-state index contributed by atoms with van der Waals surface area (Å²) in [5.74, 6) is -1.63. The lowest BCUT2D eigenvalue weighted by Crippen LogP contribution is -2.41. The summed E-state index contributed by atoms with van der Waals surface area (Å²) in [4.78, 5) is 34.2. The largest absolute Gasteiger partial charge is 0.481 e. The first-order valence-electron chi connectivity index (χ1n) is 7.57. The molecule has 7 nitrogen and oxygen atoms in total. The Bertz CT molecular complexity index is 622. The molecule has 1 aliphatic rings. The van der Waals surface area contributed by atoms with E-state index in [1.54, 1.807) is 25.1 Å². The lowest BCUT2D eigenvalue weighted by molar-refractivity contribution is -0.142. The molecule has 0 unspecified atom stereocenters. The van der Waals surface area contributed by atoms with Crippen molar-refractivity contribution in [2.24, 2.45) is 11.7 Å². The zero-order valence-corrected chi connectivity index (χ0v) is 13.0. The van der Waals surface area contributed by atoms with Crippen LogP contribution in [0.5, 0.6) is 0 Å². The standard InChI is InChI=1S/C16H21N3O4/c1-9-2-5-12(8-13(9)14(17)20)19-16(23)18-11-6-3-10(4-7-11)15(21)22/h2,5,8,10-11H,3-4,6-7H2,1H3,(H2,17,20)(H,21,22)(H2,18,19,23). The second kappa shape index (κ2) is 7.13. The number of anilines is 1. The SMILES string of the molecule is Cc1ccc(NC(=O)NC2CCC(C(=O)O)CC2)cc1C(N)=O. The molecular weight excluding hydrogens is 298 g/mol. The number of amides is 3. The fourth-order valence-electron chi connectivity index (χ4n) is 2.80. The van der Waals surface area contributed by atoms with Crippen LogP contribution in [-0.4, -0.2) is 29.1 Å². The van der Waals surface area contributed by atoms with Crippen molar-refractivity contribution < 1.29 is 19.5 Å². The number of carbonyl (C=O) groups excluding carboxylic acids is 2. The molecule has 7 heteroatoms. The highest BCUT2D eigenvalue weighted by molar-refractivity contribution is 5.97. The zero-order valence-electron chi connectivity index (χ0n) is 13.0. The maximum Gasteiger partial charge on any atom is 0.319 e. The quantitative estimate of drug-likeness (QED) is 0.676. The molecule has 0 saturated heterocycles. The van der Waals surface area contributed by atoms with Crippen LogP contribution in [0.2, 0.25) is 0 Å². The number of carboxylic acid groups (broad SMARTS) is 1. The molecule has 5 N–H and O–H groups in total. The molecule has 0 aromatic heterocycles. The first-order valence-corrected chi connectivity index (χ1v) is 7.57. The van der Waals surface area contributed by atoms with Gasteiger partial charge in [0.25, 0.3) is 0 Å². The monoisotopic (exact) mass is 319 g/mol. The first kappa shape index (κ1) is 16.8. The Hall–Kier alpha value is -2.57. The van der Waals surface area contributed by atoms with Crippen LogP contribution < -0.4 is 16.4 Å². The molecule has 3 amide bonds. The Balaban J connectivity index is 1.89. The zero-order chi connectivity index (χ0) is 17.0. The molecule has 23 heavy (non-hydrogen) atoms. The topological polar surface area (TPSA) is 122 Å². The maximum absolute atomic E-state index is 12.0. The number of aliphatic carboxylic acids is 1. The van der Waals surface area contributed by atoms with Crippen molar-refractivity contribution in [2.75, 3.05) is 5.32 Å². The summed E-state index contributed by atoms with van der Waals surface area (Å²) < 4.78 is 0. The van der Waals surface area contributed by atoms with Gasteiger partial charge < -0.3 is 21.5 Å². The molecule has 0 heterocycles. The predicted octanol–water partition coefficient (Wildman–Crippen LogP) is 1.86. The van der Waals surface area contributed by atoms with Gasteiger partial charge in [0.2, 0.25) is 5.91 Å². The van der Waals surface area contributed by atoms with E-state index in [0.717, 1.165) is 5.56 Å². The summed E-state index contributed by atoms with van der Waals surface area (Å²) in [6.45, 7) is 1.77. The number of hydrogen-bond donors (Lipinski definition) is 4. The van der Waals surface area contributed by atoms with E-state index in [1.807, 2.05) is 0 Å². The van der Waals surface area contributed by atoms with Crippen molar-refractivity contribution in [3.05, 3.63) is 29.3 Å². The molecule has 0 atom stereocenters. The minimum absolute atomic E-state index is 0.0355. The van der Waals surface area contributed by atoms with Crippen LogP contribution in [0.3, 0.4) is 0 Å². The minimum atomic E-state index is -0.772. The average molecular weight is 319 g/mol. The number of nitrogens with two attached hydrogens (primary N) is 1. The number of aryl methyl sites for hydroxylation is 1. The molecule has 1 aromatic carbocycles. The third kappa shape index (κ3) is 4.45. The van der Waals surface area contributed by atoms with Gasteiger partial charge in [0.15, 0.2) is 0 Å². The second-order valence-electron chi connectivity index (χ2n) is 5.88. The molecule has 1 saturated carbocycles. The molecular formula is C16H21N3O4. The molecule has 1 fully saturated rings. The number of hydrogen-bond acceptors (Lipinski definition) is 3. The van der Waals surface area contributed by atoms with Gasteiger partial charge in [-0.3, -0.25) is 9.59 Å². The molecule has 0 aliphatic heterocycles. The number of urea groups is 1. The van der Waals surface area contributed by atoms with Crippen LogP contribution in [0.15, 0.2) is 18.2 Å². The molecule has 0 radical (unpaired) electrons. The molecule has 1 aromatic rings. The third-order valence-electron chi connectivity index (χ3n) is 4.17. The van der Waals surface area contributed by atoms with Crippen LogP contribution in [0.1, 0.15) is 41.6 Å². The highest BCUT2D eigenvalue weighted by Crippen LogP contribution is 2.24. The van der Waals surface area contributed by atoms with Crippen molar-refractivity contribution >= 4 is 23.6 Å². The number of benzene rings is 1. The Morgan fingerprint density at radius 1 is 1.17 bits per heavy atom. The van der Waals surface area contributed by atoms with Crippen LogP contribution in [-0.2, 0) is 4.79 Å². The summed E-state index contributed by atoms with van der Waals surface area (Å²) in [6, 6.07) is 4.55. The van der Waals surface area contributed by atoms with Gasteiger partial charge in [-0.25, -0.2) is 4.79 Å². The average Bonchev–Trinajstić information content (AvgIpc) is 2.49. The molecule has 1 aliphatic carbocycles. The van der Waals surface area contributed by atoms with Crippen LogP contribution in [0.25, 0.3) is 0 Å². The van der Waals surface area contributed by atoms with Crippen molar-refractivity contribution in [3.8, 4) is 0 Å². The first-order chi connectivity index (χ1) is 10.9. The van der Waals surface area contributed by atoms with Gasteiger partial charge in [-0.2, -0.15) is 0 Å². The van der Waals surface area contributed by atoms with E-state index in [4.69, 9.17) is 10.8 Å². The van der Waals surface area contributed by atoms with E-state index >= 15 is 0 Å². The Labute approximate surface area is 134 Å². The molecule has 0 spiro atoms. The lowest BCUT2D eigenvalue weighted by atomic mass is 9.86. The van der Waals surface area contributed by atoms with Crippen molar-refractivity contribution in [1.29, 1.82) is 0 Å². The predicted molar refractivity (Wildman–Crippen MR) is 85.2 cm³/mol. The van der Waals surface area contributed by atoms with E-state index in [2.05, 4.69) is 10.6 Å². The number of primary amides is 1. The normalized spacial score (nSPS) is 20.6. The number of rotatable bonds is 4. The van der Waals surface area contributed by atoms with Crippen molar-refractivity contribution in [2.45, 2.75) is 38.6 Å². The van der Waals surface area contributed by atoms with Gasteiger partial charge in [-0.05, 0) is 50.3 Å². The van der Waals surface area contributed by atoms with E-state index in [-0.39, 0.29) is 18.0 Å². The van der Waals surface area contributed by atoms with Crippen LogP contribution in [0, 0.1) is 12.8 Å². The van der Waals surface area contributed by atoms with Crippen LogP contribution in [0.4, 0.5) is 10.5 Å². The number of carbonyl (C=O) groups is 3. The minimum Gasteiger partial charge on any atom is -0.481 e. The molecule has 0 bridgehead atoms. The van der Waals surface area contributed by atoms with Gasteiger partial charge in [-0.1, -0.05) is 6.07 Å². The van der Waals surface area contributed by atoms with Crippen molar-refractivity contribution in [1.82, 2.24) is 5.32 Å². The number of carboxylic acids is 1. The fourth-order valence-corrected chi connectivity index (χ4v) is 2.80. The fraction of sp³-hybridized carbons (Fsp3) is 0.438. The highest BCUT2D eigenvalue weighted by atomic mass is 16.4. The van der Waals surface area contributed by atoms with Gasteiger partial charge in [0, 0.05) is 17.3 Å². The van der Waals surface area contributed by atoms with E-state index in [9.17, 15) is 14.4 Å².